The van der Waals surface area contributed by atoms with Crippen LogP contribution in [0.1, 0.15) is 37.6 Å². The summed E-state index contributed by atoms with van der Waals surface area (Å²) in [5.41, 5.74) is 8.57. The third-order valence-electron chi connectivity index (χ3n) is 3.98. The van der Waals surface area contributed by atoms with E-state index in [9.17, 15) is 9.59 Å². The normalized spacial score (nSPS) is 10.6. The molecule has 5 heteroatoms. The second-order valence-electron chi connectivity index (χ2n) is 5.78. The maximum absolute atomic E-state index is 12.3. The van der Waals surface area contributed by atoms with E-state index in [0.29, 0.717) is 11.1 Å². The molecule has 2 N–H and O–H groups in total. The van der Waals surface area contributed by atoms with Gasteiger partial charge in [-0.05, 0) is 38.5 Å². The molecule has 0 saturated heterocycles. The molecule has 2 amide bonds. The van der Waals surface area contributed by atoms with Gasteiger partial charge in [0, 0.05) is 16.5 Å². The van der Waals surface area contributed by atoms with Gasteiger partial charge in [-0.2, -0.15) is 0 Å². The number of rotatable bonds is 2. The summed E-state index contributed by atoms with van der Waals surface area (Å²) in [6.07, 6.45) is 0. The molecule has 0 aliphatic rings. The molecule has 3 aromatic rings. The highest BCUT2D eigenvalue weighted by Gasteiger charge is 2.18. The molecule has 0 atom stereocenters. The van der Waals surface area contributed by atoms with Gasteiger partial charge < -0.3 is 4.42 Å². The maximum atomic E-state index is 12.3. The van der Waals surface area contributed by atoms with Crippen molar-refractivity contribution in [2.75, 3.05) is 0 Å². The van der Waals surface area contributed by atoms with Gasteiger partial charge in [0.05, 0.1) is 0 Å². The van der Waals surface area contributed by atoms with Gasteiger partial charge >= 0.3 is 5.91 Å². The monoisotopic (exact) mass is 322 g/mol. The number of aryl methyl sites for hydroxylation is 3. The zero-order valence-electron chi connectivity index (χ0n) is 13.8. The van der Waals surface area contributed by atoms with Crippen LogP contribution in [0.3, 0.4) is 0 Å². The molecule has 0 aliphatic heterocycles. The highest BCUT2D eigenvalue weighted by molar-refractivity contribution is 6.01. The number of amides is 2. The van der Waals surface area contributed by atoms with Crippen LogP contribution in [0.2, 0.25) is 0 Å². The second kappa shape index (κ2) is 6.20. The van der Waals surface area contributed by atoms with Crippen molar-refractivity contribution in [3.8, 4) is 0 Å². The molecule has 0 spiro atoms. The van der Waals surface area contributed by atoms with Crippen LogP contribution in [0.4, 0.5) is 0 Å². The van der Waals surface area contributed by atoms with Crippen LogP contribution < -0.4 is 10.9 Å². The van der Waals surface area contributed by atoms with Crippen molar-refractivity contribution in [1.82, 2.24) is 10.9 Å². The van der Waals surface area contributed by atoms with E-state index in [4.69, 9.17) is 4.42 Å². The largest absolute Gasteiger partial charge is 0.451 e. The van der Waals surface area contributed by atoms with E-state index in [1.54, 1.807) is 12.1 Å². The molecular formula is C19H18N2O3. The summed E-state index contributed by atoms with van der Waals surface area (Å²) >= 11 is 0. The average Bonchev–Trinajstić information content (AvgIpc) is 2.92. The highest BCUT2D eigenvalue weighted by Crippen LogP contribution is 2.24. The lowest BCUT2D eigenvalue weighted by Gasteiger charge is -2.09. The molecule has 24 heavy (non-hydrogen) atoms. The van der Waals surface area contributed by atoms with Crippen molar-refractivity contribution < 1.29 is 14.0 Å². The Bertz CT molecular complexity index is 941. The lowest BCUT2D eigenvalue weighted by Crippen LogP contribution is -2.42. The minimum atomic E-state index is -0.484. The number of carbonyl (C=O) groups excluding carboxylic acids is 2. The Morgan fingerprint density at radius 3 is 2.38 bits per heavy atom. The first-order chi connectivity index (χ1) is 11.5. The topological polar surface area (TPSA) is 71.3 Å². The Morgan fingerprint density at radius 2 is 1.62 bits per heavy atom. The first kappa shape index (κ1) is 15.8. The fourth-order valence-electron chi connectivity index (χ4n) is 2.61. The average molecular weight is 322 g/mol. The smallest absolute Gasteiger partial charge is 0.305 e. The van der Waals surface area contributed by atoms with Crippen LogP contribution >= 0.6 is 0 Å². The molecule has 1 heterocycles. The molecular weight excluding hydrogens is 304 g/mol. The third kappa shape index (κ3) is 2.88. The van der Waals surface area contributed by atoms with Crippen molar-refractivity contribution in [2.24, 2.45) is 0 Å². The summed E-state index contributed by atoms with van der Waals surface area (Å²) < 4.78 is 5.58. The van der Waals surface area contributed by atoms with Crippen LogP contribution in [0.25, 0.3) is 11.0 Å². The number of fused-ring (bicyclic) bond motifs is 1. The molecule has 5 nitrogen and oxygen atoms in total. The van der Waals surface area contributed by atoms with E-state index in [-0.39, 0.29) is 11.7 Å². The number of furan rings is 1. The minimum absolute atomic E-state index is 0.192. The third-order valence-corrected chi connectivity index (χ3v) is 3.98. The van der Waals surface area contributed by atoms with Crippen LogP contribution in [0.5, 0.6) is 0 Å². The standard InChI is InChI=1S/C19H18N2O3/c1-11-8-9-12(2)15(10-11)18(22)20-21-19(23)17-13(3)14-6-4-5-7-16(14)24-17/h4-10H,1-3H3,(H,20,22)(H,21,23). The number of para-hydroxylation sites is 1. The molecule has 3 rings (SSSR count). The van der Waals surface area contributed by atoms with Gasteiger partial charge in [-0.25, -0.2) is 0 Å². The number of hydrazine groups is 1. The predicted octanol–water partition coefficient (Wildman–Crippen LogP) is 3.43. The van der Waals surface area contributed by atoms with Crippen molar-refractivity contribution in [1.29, 1.82) is 0 Å². The Balaban J connectivity index is 1.76. The van der Waals surface area contributed by atoms with E-state index < -0.39 is 5.91 Å². The summed E-state index contributed by atoms with van der Waals surface area (Å²) in [6, 6.07) is 13.0. The number of hydrogen-bond acceptors (Lipinski definition) is 3. The molecule has 0 saturated carbocycles. The SMILES string of the molecule is Cc1ccc(C)c(C(=O)NNC(=O)c2oc3ccccc3c2C)c1. The van der Waals surface area contributed by atoms with E-state index in [1.165, 1.54) is 0 Å². The Labute approximate surface area is 139 Å². The van der Waals surface area contributed by atoms with Crippen molar-refractivity contribution in [3.63, 3.8) is 0 Å². The first-order valence-corrected chi connectivity index (χ1v) is 7.63. The summed E-state index contributed by atoms with van der Waals surface area (Å²) in [5, 5.41) is 0.878. The predicted molar refractivity (Wildman–Crippen MR) is 91.8 cm³/mol. The molecule has 0 radical (unpaired) electrons. The summed E-state index contributed by atoms with van der Waals surface area (Å²) in [5.74, 6) is -0.655. The van der Waals surface area contributed by atoms with Gasteiger partial charge in [-0.15, -0.1) is 0 Å². The number of benzene rings is 2. The number of hydrogen-bond donors (Lipinski definition) is 2. The quantitative estimate of drug-likeness (QED) is 0.710. The van der Waals surface area contributed by atoms with Crippen molar-refractivity contribution >= 4 is 22.8 Å². The van der Waals surface area contributed by atoms with Gasteiger partial charge in [0.15, 0.2) is 5.76 Å². The Hall–Kier alpha value is -3.08. The first-order valence-electron chi connectivity index (χ1n) is 7.63. The second-order valence-corrected chi connectivity index (χ2v) is 5.78. The van der Waals surface area contributed by atoms with E-state index in [0.717, 1.165) is 22.1 Å². The van der Waals surface area contributed by atoms with Gasteiger partial charge in [0.2, 0.25) is 0 Å². The van der Waals surface area contributed by atoms with Crippen LogP contribution in [0.15, 0.2) is 46.9 Å². The zero-order chi connectivity index (χ0) is 17.3. The number of nitrogens with one attached hydrogen (secondary N) is 2. The van der Waals surface area contributed by atoms with Crippen LogP contribution in [-0.2, 0) is 0 Å². The lowest BCUT2D eigenvalue weighted by molar-refractivity contribution is 0.0831. The molecule has 0 fully saturated rings. The molecule has 122 valence electrons. The summed E-state index contributed by atoms with van der Waals surface area (Å²) in [7, 11) is 0. The maximum Gasteiger partial charge on any atom is 0.305 e. The molecule has 0 aliphatic carbocycles. The molecule has 2 aromatic carbocycles. The molecule has 0 unspecified atom stereocenters. The Kier molecular flexibility index (Phi) is 4.08. The zero-order valence-corrected chi connectivity index (χ0v) is 13.8. The van der Waals surface area contributed by atoms with E-state index in [2.05, 4.69) is 10.9 Å². The van der Waals surface area contributed by atoms with Gasteiger partial charge in [0.25, 0.3) is 5.91 Å². The van der Waals surface area contributed by atoms with E-state index >= 15 is 0 Å². The molecule has 0 bridgehead atoms. The van der Waals surface area contributed by atoms with Crippen LogP contribution in [0, 0.1) is 20.8 Å². The lowest BCUT2D eigenvalue weighted by atomic mass is 10.1. The Morgan fingerprint density at radius 1 is 0.917 bits per heavy atom. The van der Waals surface area contributed by atoms with E-state index in [1.807, 2.05) is 51.1 Å². The van der Waals surface area contributed by atoms with Crippen LogP contribution in [-0.4, -0.2) is 11.8 Å². The van der Waals surface area contributed by atoms with Crippen molar-refractivity contribution in [2.45, 2.75) is 20.8 Å². The number of carbonyl (C=O) groups is 2. The fraction of sp³-hybridized carbons (Fsp3) is 0.158. The highest BCUT2D eigenvalue weighted by atomic mass is 16.3. The van der Waals surface area contributed by atoms with Crippen molar-refractivity contribution in [3.05, 3.63) is 70.5 Å². The summed E-state index contributed by atoms with van der Waals surface area (Å²) in [6.45, 7) is 5.57. The summed E-state index contributed by atoms with van der Waals surface area (Å²) in [4.78, 5) is 24.6. The fourth-order valence-corrected chi connectivity index (χ4v) is 2.61. The van der Waals surface area contributed by atoms with Gasteiger partial charge in [-0.3, -0.25) is 20.4 Å². The minimum Gasteiger partial charge on any atom is -0.451 e. The molecule has 1 aromatic heterocycles. The van der Waals surface area contributed by atoms with Gasteiger partial charge in [0.1, 0.15) is 5.58 Å². The van der Waals surface area contributed by atoms with Gasteiger partial charge in [-0.1, -0.05) is 35.9 Å².